The number of carbonyl (C=O) groups is 2. The minimum absolute atomic E-state index is 0.0316. The van der Waals surface area contributed by atoms with Crippen LogP contribution in [0.25, 0.3) is 0 Å². The Bertz CT molecular complexity index is 950. The molecule has 170 valence electrons. The van der Waals surface area contributed by atoms with E-state index in [1.807, 2.05) is 11.8 Å². The lowest BCUT2D eigenvalue weighted by Crippen LogP contribution is -2.42. The highest BCUT2D eigenvalue weighted by molar-refractivity contribution is 7.89. The largest absolute Gasteiger partial charge is 0.352 e. The van der Waals surface area contributed by atoms with Crippen LogP contribution in [-0.2, 0) is 26.0 Å². The van der Waals surface area contributed by atoms with Gasteiger partial charge in [0.05, 0.1) is 11.4 Å². The summed E-state index contributed by atoms with van der Waals surface area (Å²) >= 11 is 0. The van der Waals surface area contributed by atoms with Crippen molar-refractivity contribution in [1.29, 1.82) is 0 Å². The fourth-order valence-electron chi connectivity index (χ4n) is 4.79. The number of hydrogen-bond acceptors (Lipinski definition) is 4. The number of nitrogens with zero attached hydrogens (tertiary/aromatic N) is 2. The highest BCUT2D eigenvalue weighted by Gasteiger charge is 2.40. The van der Waals surface area contributed by atoms with Crippen LogP contribution in [0.1, 0.15) is 63.9 Å². The second kappa shape index (κ2) is 8.90. The SMILES string of the molecule is CC1Cc2cc(S(=O)(=O)N(C)CC(=O)NC3CCCCCC3)ccc2N1C(=O)C1CC1. The molecule has 2 amide bonds. The van der Waals surface area contributed by atoms with Crippen LogP contribution in [0.5, 0.6) is 0 Å². The second-order valence-electron chi connectivity index (χ2n) is 9.34. The average Bonchev–Trinajstić information content (AvgIpc) is 3.53. The van der Waals surface area contributed by atoms with E-state index < -0.39 is 10.0 Å². The van der Waals surface area contributed by atoms with Crippen LogP contribution >= 0.6 is 0 Å². The highest BCUT2D eigenvalue weighted by Crippen LogP contribution is 2.39. The normalized spacial score (nSPS) is 22.3. The lowest BCUT2D eigenvalue weighted by atomic mass is 10.1. The van der Waals surface area contributed by atoms with Crippen molar-refractivity contribution in [2.24, 2.45) is 5.92 Å². The molecule has 1 aromatic carbocycles. The van der Waals surface area contributed by atoms with Gasteiger partial charge in [0.15, 0.2) is 0 Å². The third-order valence-corrected chi connectivity index (χ3v) is 8.52. The van der Waals surface area contributed by atoms with E-state index in [-0.39, 0.29) is 41.3 Å². The Labute approximate surface area is 185 Å². The fraction of sp³-hybridized carbons (Fsp3) is 0.652. The van der Waals surface area contributed by atoms with Crippen molar-refractivity contribution < 1.29 is 18.0 Å². The zero-order chi connectivity index (χ0) is 22.2. The van der Waals surface area contributed by atoms with Gasteiger partial charge in [-0.2, -0.15) is 4.31 Å². The van der Waals surface area contributed by atoms with Gasteiger partial charge in [-0.3, -0.25) is 9.59 Å². The highest BCUT2D eigenvalue weighted by atomic mass is 32.2. The van der Waals surface area contributed by atoms with E-state index in [1.54, 1.807) is 18.2 Å². The summed E-state index contributed by atoms with van der Waals surface area (Å²) in [7, 11) is -2.35. The Morgan fingerprint density at radius 3 is 2.42 bits per heavy atom. The van der Waals surface area contributed by atoms with E-state index in [0.717, 1.165) is 54.1 Å². The Hall–Kier alpha value is -1.93. The molecule has 1 unspecified atom stereocenters. The van der Waals surface area contributed by atoms with E-state index in [4.69, 9.17) is 0 Å². The van der Waals surface area contributed by atoms with E-state index >= 15 is 0 Å². The number of likely N-dealkylation sites (N-methyl/N-ethyl adjacent to an activating group) is 1. The van der Waals surface area contributed by atoms with Crippen molar-refractivity contribution in [1.82, 2.24) is 9.62 Å². The summed E-state index contributed by atoms with van der Waals surface area (Å²) < 4.78 is 27.3. The van der Waals surface area contributed by atoms with Gasteiger partial charge < -0.3 is 10.2 Å². The van der Waals surface area contributed by atoms with Gasteiger partial charge in [-0.05, 0) is 62.8 Å². The number of rotatable bonds is 6. The molecule has 0 bridgehead atoms. The summed E-state index contributed by atoms with van der Waals surface area (Å²) in [6.45, 7) is 1.80. The molecule has 2 saturated carbocycles. The van der Waals surface area contributed by atoms with Crippen molar-refractivity contribution in [2.45, 2.75) is 81.7 Å². The first-order chi connectivity index (χ1) is 14.8. The molecule has 2 aliphatic carbocycles. The first-order valence-electron chi connectivity index (χ1n) is 11.5. The summed E-state index contributed by atoms with van der Waals surface area (Å²) in [5.74, 6) is 0.0121. The minimum atomic E-state index is -3.79. The summed E-state index contributed by atoms with van der Waals surface area (Å²) in [6, 6.07) is 5.14. The molecule has 8 heteroatoms. The number of carbonyl (C=O) groups excluding carboxylic acids is 2. The molecule has 1 heterocycles. The van der Waals surface area contributed by atoms with Gasteiger partial charge >= 0.3 is 0 Å². The molecular formula is C23H33N3O4S. The summed E-state index contributed by atoms with van der Waals surface area (Å²) in [6.07, 6.45) is 9.04. The Morgan fingerprint density at radius 2 is 1.77 bits per heavy atom. The minimum Gasteiger partial charge on any atom is -0.352 e. The van der Waals surface area contributed by atoms with E-state index in [2.05, 4.69) is 5.32 Å². The number of nitrogens with one attached hydrogen (secondary N) is 1. The average molecular weight is 448 g/mol. The molecule has 4 rings (SSSR count). The Kier molecular flexibility index (Phi) is 6.40. The molecule has 0 saturated heterocycles. The van der Waals surface area contributed by atoms with Crippen LogP contribution in [-0.4, -0.2) is 50.2 Å². The third-order valence-electron chi connectivity index (χ3n) is 6.73. The topological polar surface area (TPSA) is 86.8 Å². The molecule has 0 radical (unpaired) electrons. The monoisotopic (exact) mass is 447 g/mol. The molecule has 2 fully saturated rings. The lowest BCUT2D eigenvalue weighted by molar-refractivity contribution is -0.122. The second-order valence-corrected chi connectivity index (χ2v) is 11.4. The maximum atomic E-state index is 13.1. The number of sulfonamides is 1. The van der Waals surface area contributed by atoms with Crippen LogP contribution in [0.4, 0.5) is 5.69 Å². The van der Waals surface area contributed by atoms with E-state index in [0.29, 0.717) is 6.42 Å². The molecule has 1 aliphatic heterocycles. The van der Waals surface area contributed by atoms with Crippen molar-refractivity contribution in [3.8, 4) is 0 Å². The van der Waals surface area contributed by atoms with Gasteiger partial charge in [0, 0.05) is 30.7 Å². The summed E-state index contributed by atoms with van der Waals surface area (Å²) in [5.41, 5.74) is 1.69. The van der Waals surface area contributed by atoms with Crippen LogP contribution < -0.4 is 10.2 Å². The Morgan fingerprint density at radius 1 is 1.10 bits per heavy atom. The van der Waals surface area contributed by atoms with Crippen LogP contribution in [0.2, 0.25) is 0 Å². The van der Waals surface area contributed by atoms with Crippen LogP contribution in [0.15, 0.2) is 23.1 Å². The number of anilines is 1. The van der Waals surface area contributed by atoms with E-state index in [1.165, 1.54) is 19.9 Å². The molecule has 3 aliphatic rings. The maximum absolute atomic E-state index is 13.1. The smallest absolute Gasteiger partial charge is 0.243 e. The summed E-state index contributed by atoms with van der Waals surface area (Å²) in [5, 5.41) is 3.01. The maximum Gasteiger partial charge on any atom is 0.243 e. The zero-order valence-electron chi connectivity index (χ0n) is 18.5. The molecular weight excluding hydrogens is 414 g/mol. The summed E-state index contributed by atoms with van der Waals surface area (Å²) in [4.78, 5) is 27.1. The predicted molar refractivity (Wildman–Crippen MR) is 119 cm³/mol. The number of fused-ring (bicyclic) bond motifs is 1. The first kappa shape index (κ1) is 22.3. The van der Waals surface area contributed by atoms with Crippen molar-refractivity contribution in [3.63, 3.8) is 0 Å². The molecule has 1 N–H and O–H groups in total. The molecule has 1 aromatic rings. The predicted octanol–water partition coefficient (Wildman–Crippen LogP) is 2.83. The fourth-order valence-corrected chi connectivity index (χ4v) is 5.97. The molecule has 0 aromatic heterocycles. The van der Waals surface area contributed by atoms with Gasteiger partial charge in [-0.15, -0.1) is 0 Å². The zero-order valence-corrected chi connectivity index (χ0v) is 19.3. The standard InChI is InChI=1S/C23H33N3O4S/c1-16-13-18-14-20(11-12-21(18)26(16)23(28)17-9-10-17)31(29,30)25(2)15-22(27)24-19-7-5-3-4-6-8-19/h11-12,14,16-17,19H,3-10,13,15H2,1-2H3,(H,24,27). The van der Waals surface area contributed by atoms with Gasteiger partial charge in [0.25, 0.3) is 0 Å². The van der Waals surface area contributed by atoms with E-state index in [9.17, 15) is 18.0 Å². The van der Waals surface area contributed by atoms with Gasteiger partial charge in [-0.25, -0.2) is 8.42 Å². The Balaban J connectivity index is 1.44. The van der Waals surface area contributed by atoms with Gasteiger partial charge in [0.1, 0.15) is 0 Å². The molecule has 0 spiro atoms. The van der Waals surface area contributed by atoms with Crippen molar-refractivity contribution in [2.75, 3.05) is 18.5 Å². The molecule has 31 heavy (non-hydrogen) atoms. The quantitative estimate of drug-likeness (QED) is 0.680. The van der Waals surface area contributed by atoms with Gasteiger partial charge in [0.2, 0.25) is 21.8 Å². The van der Waals surface area contributed by atoms with Crippen LogP contribution in [0.3, 0.4) is 0 Å². The first-order valence-corrected chi connectivity index (χ1v) is 12.9. The van der Waals surface area contributed by atoms with Crippen molar-refractivity contribution in [3.05, 3.63) is 23.8 Å². The third kappa shape index (κ3) is 4.80. The number of hydrogen-bond donors (Lipinski definition) is 1. The van der Waals surface area contributed by atoms with Crippen molar-refractivity contribution >= 4 is 27.5 Å². The lowest BCUT2D eigenvalue weighted by Gasteiger charge is -2.23. The molecule has 1 atom stereocenters. The molecule has 7 nitrogen and oxygen atoms in total. The number of amides is 2. The number of benzene rings is 1. The van der Waals surface area contributed by atoms with Gasteiger partial charge in [-0.1, -0.05) is 25.7 Å². The van der Waals surface area contributed by atoms with Crippen LogP contribution in [0, 0.1) is 5.92 Å².